The smallest absolute Gasteiger partial charge is 0.264 e. The van der Waals surface area contributed by atoms with Crippen LogP contribution in [0.4, 0.5) is 5.69 Å². The van der Waals surface area contributed by atoms with Crippen molar-refractivity contribution in [2.24, 2.45) is 5.92 Å². The average Bonchev–Trinajstić information content (AvgIpc) is 3.02. The van der Waals surface area contributed by atoms with Crippen LogP contribution in [0.25, 0.3) is 0 Å². The highest BCUT2D eigenvalue weighted by Crippen LogP contribution is 2.28. The first-order valence-electron chi connectivity index (χ1n) is 15.5. The average molecular weight is 695 g/mol. The number of halogens is 2. The van der Waals surface area contributed by atoms with E-state index in [2.05, 4.69) is 5.32 Å². The van der Waals surface area contributed by atoms with Gasteiger partial charge >= 0.3 is 0 Å². The van der Waals surface area contributed by atoms with Crippen LogP contribution in [0, 0.1) is 26.7 Å². The van der Waals surface area contributed by atoms with Crippen molar-refractivity contribution in [3.05, 3.63) is 129 Å². The number of amides is 2. The minimum atomic E-state index is -4.20. The van der Waals surface area contributed by atoms with E-state index in [1.807, 2.05) is 71.0 Å². The Kier molecular flexibility index (Phi) is 12.1. The Hall–Kier alpha value is -3.85. The Morgan fingerprint density at radius 1 is 0.766 bits per heavy atom. The molecule has 1 unspecified atom stereocenters. The van der Waals surface area contributed by atoms with E-state index < -0.39 is 28.5 Å². The third-order valence-electron chi connectivity index (χ3n) is 7.67. The van der Waals surface area contributed by atoms with Gasteiger partial charge in [-0.3, -0.25) is 13.9 Å². The molecule has 0 heterocycles. The Labute approximate surface area is 288 Å². The van der Waals surface area contributed by atoms with E-state index in [-0.39, 0.29) is 29.7 Å². The molecule has 1 N–H and O–H groups in total. The fourth-order valence-electron chi connectivity index (χ4n) is 5.27. The SMILES string of the molecule is Cc1ccc(S(=O)(=O)N(CC(=O)N(Cc2ccc(Cl)c(Cl)c2)C(Cc2ccccc2)C(=O)NCC(C)C)c2cc(C)cc(C)c2)cc1. The second-order valence-electron chi connectivity index (χ2n) is 12.3. The number of anilines is 1. The van der Waals surface area contributed by atoms with Gasteiger partial charge in [0.25, 0.3) is 10.0 Å². The van der Waals surface area contributed by atoms with E-state index in [1.165, 1.54) is 17.0 Å². The zero-order chi connectivity index (χ0) is 34.3. The van der Waals surface area contributed by atoms with Crippen LogP contribution in [0.3, 0.4) is 0 Å². The summed E-state index contributed by atoms with van der Waals surface area (Å²) in [6.45, 7) is 9.47. The lowest BCUT2D eigenvalue weighted by Crippen LogP contribution is -2.53. The lowest BCUT2D eigenvalue weighted by Gasteiger charge is -2.34. The molecule has 4 aromatic carbocycles. The predicted molar refractivity (Wildman–Crippen MR) is 190 cm³/mol. The lowest BCUT2D eigenvalue weighted by atomic mass is 10.0. The molecule has 0 bridgehead atoms. The summed E-state index contributed by atoms with van der Waals surface area (Å²) in [6, 6.07) is 25.4. The number of nitrogens with zero attached hydrogens (tertiary/aromatic N) is 2. The second-order valence-corrected chi connectivity index (χ2v) is 15.0. The fourth-order valence-corrected chi connectivity index (χ4v) is 6.99. The number of aryl methyl sites for hydroxylation is 3. The highest BCUT2D eigenvalue weighted by molar-refractivity contribution is 7.92. The first-order chi connectivity index (χ1) is 22.2. The third-order valence-corrected chi connectivity index (χ3v) is 10.2. The molecule has 0 saturated carbocycles. The van der Waals surface area contributed by atoms with Gasteiger partial charge in [-0.15, -0.1) is 0 Å². The maximum Gasteiger partial charge on any atom is 0.264 e. The molecular formula is C37H41Cl2N3O4S. The largest absolute Gasteiger partial charge is 0.354 e. The van der Waals surface area contributed by atoms with Crippen LogP contribution in [0.1, 0.15) is 41.7 Å². The van der Waals surface area contributed by atoms with E-state index >= 15 is 0 Å². The van der Waals surface area contributed by atoms with Crippen LogP contribution in [0.5, 0.6) is 0 Å². The summed E-state index contributed by atoms with van der Waals surface area (Å²) in [5.74, 6) is -0.711. The first-order valence-corrected chi connectivity index (χ1v) is 17.7. The molecule has 47 heavy (non-hydrogen) atoms. The summed E-state index contributed by atoms with van der Waals surface area (Å²) < 4.78 is 29.7. The van der Waals surface area contributed by atoms with Gasteiger partial charge in [0.1, 0.15) is 12.6 Å². The quantitative estimate of drug-likeness (QED) is 0.157. The molecule has 4 rings (SSSR count). The monoisotopic (exact) mass is 693 g/mol. The third kappa shape index (κ3) is 9.60. The van der Waals surface area contributed by atoms with Crippen LogP contribution in [0.15, 0.2) is 95.9 Å². The fraction of sp³-hybridized carbons (Fsp3) is 0.297. The molecule has 0 saturated heterocycles. The molecule has 0 radical (unpaired) electrons. The van der Waals surface area contributed by atoms with E-state index in [4.69, 9.17) is 23.2 Å². The number of hydrogen-bond acceptors (Lipinski definition) is 4. The van der Waals surface area contributed by atoms with Gasteiger partial charge in [-0.2, -0.15) is 0 Å². The molecule has 2 amide bonds. The van der Waals surface area contributed by atoms with Crippen molar-refractivity contribution in [3.8, 4) is 0 Å². The van der Waals surface area contributed by atoms with E-state index in [9.17, 15) is 18.0 Å². The molecule has 0 aliphatic carbocycles. The van der Waals surface area contributed by atoms with Gasteiger partial charge in [0, 0.05) is 19.5 Å². The minimum Gasteiger partial charge on any atom is -0.354 e. The number of carbonyl (C=O) groups is 2. The molecule has 1 atom stereocenters. The number of hydrogen-bond donors (Lipinski definition) is 1. The van der Waals surface area contributed by atoms with E-state index in [1.54, 1.807) is 42.5 Å². The number of carbonyl (C=O) groups excluding carboxylic acids is 2. The maximum atomic E-state index is 14.6. The standard InChI is InChI=1S/C37H41Cl2N3O4S/c1-25(2)22-40-37(44)35(21-29-9-7-6-8-10-29)41(23-30-13-16-33(38)34(39)20-30)36(43)24-42(31-18-27(4)17-28(5)19-31)47(45,46)32-14-11-26(3)12-15-32/h6-20,25,35H,21-24H2,1-5H3,(H,40,44). The van der Waals surface area contributed by atoms with Gasteiger partial charge in [0.05, 0.1) is 20.6 Å². The minimum absolute atomic E-state index is 0.00636. The normalized spacial score (nSPS) is 12.1. The molecular weight excluding hydrogens is 653 g/mol. The summed E-state index contributed by atoms with van der Waals surface area (Å²) in [6.07, 6.45) is 0.214. The molecule has 0 fully saturated rings. The zero-order valence-electron chi connectivity index (χ0n) is 27.3. The highest BCUT2D eigenvalue weighted by atomic mass is 35.5. The van der Waals surface area contributed by atoms with Crippen molar-refractivity contribution in [3.63, 3.8) is 0 Å². The van der Waals surface area contributed by atoms with Gasteiger partial charge in [-0.05, 0) is 85.3 Å². The molecule has 0 spiro atoms. The van der Waals surface area contributed by atoms with Crippen LogP contribution < -0.4 is 9.62 Å². The van der Waals surface area contributed by atoms with Crippen molar-refractivity contribution >= 4 is 50.7 Å². The Morgan fingerprint density at radius 3 is 2.00 bits per heavy atom. The highest BCUT2D eigenvalue weighted by Gasteiger charge is 2.35. The van der Waals surface area contributed by atoms with Gasteiger partial charge in [0.2, 0.25) is 11.8 Å². The molecule has 0 aromatic heterocycles. The van der Waals surface area contributed by atoms with Crippen molar-refractivity contribution in [2.75, 3.05) is 17.4 Å². The van der Waals surface area contributed by atoms with Crippen LogP contribution in [0.2, 0.25) is 10.0 Å². The summed E-state index contributed by atoms with van der Waals surface area (Å²) in [5, 5.41) is 3.65. The van der Waals surface area contributed by atoms with Crippen LogP contribution in [-0.2, 0) is 32.6 Å². The number of rotatable bonds is 13. The Bertz CT molecular complexity index is 1790. The van der Waals surface area contributed by atoms with Gasteiger partial charge in [0.15, 0.2) is 0 Å². The van der Waals surface area contributed by atoms with Crippen molar-refractivity contribution in [1.29, 1.82) is 0 Å². The molecule has 7 nitrogen and oxygen atoms in total. The zero-order valence-corrected chi connectivity index (χ0v) is 29.7. The molecule has 248 valence electrons. The Morgan fingerprint density at radius 2 is 1.40 bits per heavy atom. The number of nitrogens with one attached hydrogen (secondary N) is 1. The van der Waals surface area contributed by atoms with Gasteiger partial charge in [-0.1, -0.05) is 97.2 Å². The molecule has 4 aromatic rings. The van der Waals surface area contributed by atoms with E-state index in [0.717, 1.165) is 26.6 Å². The number of benzene rings is 4. The van der Waals surface area contributed by atoms with Crippen molar-refractivity contribution in [1.82, 2.24) is 10.2 Å². The summed E-state index contributed by atoms with van der Waals surface area (Å²) in [5.41, 5.74) is 4.44. The van der Waals surface area contributed by atoms with Crippen LogP contribution in [-0.4, -0.2) is 44.3 Å². The second kappa shape index (κ2) is 15.8. The summed E-state index contributed by atoms with van der Waals surface area (Å²) in [4.78, 5) is 30.1. The summed E-state index contributed by atoms with van der Waals surface area (Å²) in [7, 11) is -4.20. The molecule has 0 aliphatic rings. The lowest BCUT2D eigenvalue weighted by molar-refractivity contribution is -0.140. The van der Waals surface area contributed by atoms with Crippen molar-refractivity contribution < 1.29 is 18.0 Å². The van der Waals surface area contributed by atoms with E-state index in [0.29, 0.717) is 27.8 Å². The van der Waals surface area contributed by atoms with Gasteiger partial charge in [-0.25, -0.2) is 8.42 Å². The summed E-state index contributed by atoms with van der Waals surface area (Å²) >= 11 is 12.6. The van der Waals surface area contributed by atoms with Crippen molar-refractivity contribution in [2.45, 2.75) is 58.5 Å². The molecule has 0 aliphatic heterocycles. The first kappa shape index (κ1) is 36.0. The number of sulfonamides is 1. The topological polar surface area (TPSA) is 86.8 Å². The predicted octanol–water partition coefficient (Wildman–Crippen LogP) is 7.53. The Balaban J connectivity index is 1.84. The van der Waals surface area contributed by atoms with Gasteiger partial charge < -0.3 is 10.2 Å². The maximum absolute atomic E-state index is 14.6. The van der Waals surface area contributed by atoms with Crippen LogP contribution >= 0.6 is 23.2 Å². The molecule has 10 heteroatoms.